The van der Waals surface area contributed by atoms with Gasteiger partial charge in [-0.2, -0.15) is 0 Å². The Morgan fingerprint density at radius 1 is 0.927 bits per heavy atom. The normalized spacial score (nSPS) is 12.6. The van der Waals surface area contributed by atoms with Crippen molar-refractivity contribution in [1.29, 1.82) is 0 Å². The predicted octanol–water partition coefficient (Wildman–Crippen LogP) is 4.99. The summed E-state index contributed by atoms with van der Waals surface area (Å²) in [5.41, 5.74) is 0.985. The molecule has 0 spiro atoms. The van der Waals surface area contributed by atoms with Gasteiger partial charge in [0.15, 0.2) is 11.5 Å². The monoisotopic (exact) mass is 645 g/mol. The molecule has 0 radical (unpaired) electrons. The number of nitrogens with zero attached hydrogens (tertiary/aromatic N) is 2. The lowest BCUT2D eigenvalue weighted by Gasteiger charge is -2.32. The first kappa shape index (κ1) is 32.0. The van der Waals surface area contributed by atoms with Crippen LogP contribution in [0.15, 0.2) is 82.2 Å². The third-order valence-electron chi connectivity index (χ3n) is 6.68. The molecule has 0 aromatic heterocycles. The fourth-order valence-corrected chi connectivity index (χ4v) is 5.98. The third-order valence-corrected chi connectivity index (χ3v) is 8.96. The summed E-state index contributed by atoms with van der Waals surface area (Å²) in [4.78, 5) is 28.6. The van der Waals surface area contributed by atoms with Crippen LogP contribution in [-0.2, 0) is 26.2 Å². The molecule has 1 N–H and O–H groups in total. The second-order valence-electron chi connectivity index (χ2n) is 9.51. The van der Waals surface area contributed by atoms with E-state index in [-0.39, 0.29) is 29.1 Å². The van der Waals surface area contributed by atoms with Gasteiger partial charge in [-0.25, -0.2) is 8.42 Å². The molecule has 0 bridgehead atoms. The van der Waals surface area contributed by atoms with Gasteiger partial charge in [0, 0.05) is 23.1 Å². The van der Waals surface area contributed by atoms with Crippen molar-refractivity contribution in [2.45, 2.75) is 50.7 Å². The first-order valence-corrected chi connectivity index (χ1v) is 15.4. The van der Waals surface area contributed by atoms with Crippen LogP contribution >= 0.6 is 15.9 Å². The number of ether oxygens (including phenoxy) is 2. The number of carbonyl (C=O) groups is 2. The Morgan fingerprint density at radius 3 is 2.22 bits per heavy atom. The molecular formula is C30H36BrN3O6S. The van der Waals surface area contributed by atoms with E-state index in [1.54, 1.807) is 37.3 Å². The summed E-state index contributed by atoms with van der Waals surface area (Å²) in [5, 5.41) is 2.93. The number of halogens is 1. The van der Waals surface area contributed by atoms with Crippen LogP contribution in [0.25, 0.3) is 0 Å². The van der Waals surface area contributed by atoms with Gasteiger partial charge in [0.05, 0.1) is 24.8 Å². The molecule has 0 aliphatic heterocycles. The number of rotatable bonds is 13. The van der Waals surface area contributed by atoms with E-state index < -0.39 is 28.5 Å². The van der Waals surface area contributed by atoms with E-state index in [0.717, 1.165) is 20.8 Å². The molecular weight excluding hydrogens is 610 g/mol. The number of benzene rings is 3. The first-order valence-electron chi connectivity index (χ1n) is 13.2. The molecule has 41 heavy (non-hydrogen) atoms. The van der Waals surface area contributed by atoms with E-state index in [4.69, 9.17) is 9.47 Å². The van der Waals surface area contributed by atoms with Gasteiger partial charge in [0.2, 0.25) is 11.8 Å². The SMILES string of the molecule is CC[C@@H](C)NC(=O)[C@H](C)N(Cc1cccc(Br)c1)C(=O)CN(c1ccc(OC)c(OC)c1)S(=O)(=O)c1ccccc1. The lowest BCUT2D eigenvalue weighted by atomic mass is 10.1. The number of carbonyl (C=O) groups excluding carboxylic acids is 2. The van der Waals surface area contributed by atoms with E-state index in [2.05, 4.69) is 21.2 Å². The van der Waals surface area contributed by atoms with Gasteiger partial charge in [-0.15, -0.1) is 0 Å². The Bertz CT molecular complexity index is 1450. The van der Waals surface area contributed by atoms with Crippen molar-refractivity contribution in [3.8, 4) is 11.5 Å². The van der Waals surface area contributed by atoms with Gasteiger partial charge in [-0.1, -0.05) is 53.2 Å². The molecule has 0 unspecified atom stereocenters. The zero-order valence-corrected chi connectivity index (χ0v) is 26.2. The van der Waals surface area contributed by atoms with E-state index in [1.807, 2.05) is 38.1 Å². The maximum Gasteiger partial charge on any atom is 0.264 e. The highest BCUT2D eigenvalue weighted by Gasteiger charge is 2.33. The second-order valence-corrected chi connectivity index (χ2v) is 12.3. The quantitative estimate of drug-likeness (QED) is 0.281. The highest BCUT2D eigenvalue weighted by Crippen LogP contribution is 2.34. The predicted molar refractivity (Wildman–Crippen MR) is 163 cm³/mol. The lowest BCUT2D eigenvalue weighted by Crippen LogP contribution is -2.52. The second kappa shape index (κ2) is 14.4. The van der Waals surface area contributed by atoms with Crippen LogP contribution in [0.1, 0.15) is 32.8 Å². The number of anilines is 1. The largest absolute Gasteiger partial charge is 0.493 e. The van der Waals surface area contributed by atoms with Gasteiger partial charge < -0.3 is 19.7 Å². The summed E-state index contributed by atoms with van der Waals surface area (Å²) < 4.78 is 40.4. The molecule has 220 valence electrons. The van der Waals surface area contributed by atoms with Crippen molar-refractivity contribution >= 4 is 43.5 Å². The average Bonchev–Trinajstić information content (AvgIpc) is 2.98. The van der Waals surface area contributed by atoms with Gasteiger partial charge in [-0.3, -0.25) is 13.9 Å². The van der Waals surface area contributed by atoms with Crippen molar-refractivity contribution in [2.75, 3.05) is 25.1 Å². The van der Waals surface area contributed by atoms with Crippen molar-refractivity contribution in [2.24, 2.45) is 0 Å². The van der Waals surface area contributed by atoms with Crippen molar-refractivity contribution in [3.05, 3.63) is 82.8 Å². The molecule has 0 saturated carbocycles. The zero-order chi connectivity index (χ0) is 30.2. The Labute approximate surface area is 250 Å². The van der Waals surface area contributed by atoms with Crippen LogP contribution in [0.4, 0.5) is 5.69 Å². The average molecular weight is 647 g/mol. The molecule has 11 heteroatoms. The summed E-state index contributed by atoms with van der Waals surface area (Å²) in [6, 6.07) is 18.9. The number of hydrogen-bond donors (Lipinski definition) is 1. The maximum absolute atomic E-state index is 14.0. The summed E-state index contributed by atoms with van der Waals surface area (Å²) in [7, 11) is -1.27. The van der Waals surface area contributed by atoms with E-state index in [1.165, 1.54) is 37.3 Å². The number of amides is 2. The molecule has 0 heterocycles. The maximum atomic E-state index is 14.0. The fraction of sp³-hybridized carbons (Fsp3) is 0.333. The standard InChI is InChI=1S/C30H36BrN3O6S/c1-6-21(2)32-30(36)22(3)33(19-23-11-10-12-24(31)17-23)29(35)20-34(41(37,38)26-13-8-7-9-14-26)25-15-16-27(39-4)28(18-25)40-5/h7-18,21-22H,6,19-20H2,1-5H3,(H,32,36)/t21-,22+/m1/s1. The molecule has 0 fully saturated rings. The molecule has 3 rings (SSSR count). The van der Waals surface area contributed by atoms with Crippen molar-refractivity contribution in [3.63, 3.8) is 0 Å². The number of methoxy groups -OCH3 is 2. The summed E-state index contributed by atoms with van der Waals surface area (Å²) in [6.07, 6.45) is 0.723. The molecule has 3 aromatic rings. The summed E-state index contributed by atoms with van der Waals surface area (Å²) >= 11 is 3.45. The molecule has 2 atom stereocenters. The van der Waals surface area contributed by atoms with Crippen LogP contribution < -0.4 is 19.1 Å². The van der Waals surface area contributed by atoms with Gasteiger partial charge in [0.25, 0.3) is 10.0 Å². The minimum Gasteiger partial charge on any atom is -0.493 e. The van der Waals surface area contributed by atoms with Gasteiger partial charge in [0.1, 0.15) is 12.6 Å². The van der Waals surface area contributed by atoms with Crippen LogP contribution in [0, 0.1) is 0 Å². The van der Waals surface area contributed by atoms with Crippen molar-refractivity contribution < 1.29 is 27.5 Å². The van der Waals surface area contributed by atoms with E-state index in [0.29, 0.717) is 11.5 Å². The van der Waals surface area contributed by atoms with Gasteiger partial charge >= 0.3 is 0 Å². The molecule has 2 amide bonds. The Morgan fingerprint density at radius 2 is 1.61 bits per heavy atom. The Balaban J connectivity index is 2.07. The molecule has 9 nitrogen and oxygen atoms in total. The number of nitrogens with one attached hydrogen (secondary N) is 1. The topological polar surface area (TPSA) is 105 Å². The highest BCUT2D eigenvalue weighted by molar-refractivity contribution is 9.10. The van der Waals surface area contributed by atoms with Crippen molar-refractivity contribution in [1.82, 2.24) is 10.2 Å². The molecule has 0 saturated heterocycles. The lowest BCUT2D eigenvalue weighted by molar-refractivity contribution is -0.139. The van der Waals surface area contributed by atoms with Crippen LogP contribution in [0.5, 0.6) is 11.5 Å². The van der Waals surface area contributed by atoms with E-state index >= 15 is 0 Å². The molecule has 3 aromatic carbocycles. The first-order chi connectivity index (χ1) is 19.5. The van der Waals surface area contributed by atoms with Crippen LogP contribution in [0.3, 0.4) is 0 Å². The molecule has 0 aliphatic rings. The third kappa shape index (κ3) is 8.01. The zero-order valence-electron chi connectivity index (χ0n) is 23.8. The van der Waals surface area contributed by atoms with Gasteiger partial charge in [-0.05, 0) is 62.2 Å². The summed E-state index contributed by atoms with van der Waals surface area (Å²) in [6.45, 7) is 5.02. The number of sulfonamides is 1. The highest BCUT2D eigenvalue weighted by atomic mass is 79.9. The van der Waals surface area contributed by atoms with E-state index in [9.17, 15) is 18.0 Å². The minimum absolute atomic E-state index is 0.0173. The minimum atomic E-state index is -4.19. The smallest absolute Gasteiger partial charge is 0.264 e. The fourth-order valence-electron chi connectivity index (χ4n) is 4.11. The Hall–Kier alpha value is -3.57. The summed E-state index contributed by atoms with van der Waals surface area (Å²) in [5.74, 6) is -0.165. The molecule has 0 aliphatic carbocycles. The number of hydrogen-bond acceptors (Lipinski definition) is 6. The van der Waals surface area contributed by atoms with Crippen LogP contribution in [-0.4, -0.2) is 58.0 Å². The van der Waals surface area contributed by atoms with Crippen LogP contribution in [0.2, 0.25) is 0 Å². The Kier molecular flexibility index (Phi) is 11.2.